The number of carbonyl (C=O) groups is 2. The Hall–Kier alpha value is -4.29. The van der Waals surface area contributed by atoms with Crippen LogP contribution in [0, 0.1) is 0 Å². The average molecular weight is 663 g/mol. The zero-order chi connectivity index (χ0) is 34.3. The van der Waals surface area contributed by atoms with Crippen LogP contribution in [0.4, 0.5) is 0 Å². The van der Waals surface area contributed by atoms with Gasteiger partial charge in [-0.1, -0.05) is 0 Å². The van der Waals surface area contributed by atoms with E-state index in [-0.39, 0.29) is 17.1 Å². The Morgan fingerprint density at radius 3 is 2.09 bits per heavy atom. The monoisotopic (exact) mass is 662 g/mol. The maximum atomic E-state index is 13.3. The molecular weight excluding hydrogens is 628 g/mol. The van der Waals surface area contributed by atoms with Crippen LogP contribution in [0.2, 0.25) is 0 Å². The highest BCUT2D eigenvalue weighted by Crippen LogP contribution is 2.45. The van der Waals surface area contributed by atoms with Gasteiger partial charge in [-0.3, -0.25) is 14.4 Å². The number of aliphatic hydroxyl groups excluding tert-OH is 4. The molecule has 2 aromatic carbocycles. The van der Waals surface area contributed by atoms with Crippen molar-refractivity contribution in [3.63, 3.8) is 0 Å². The number of fused-ring (bicyclic) bond motifs is 1. The molecule has 2 saturated heterocycles. The average Bonchev–Trinajstić information content (AvgIpc) is 3.00. The highest BCUT2D eigenvalue weighted by molar-refractivity contribution is 5.89. The lowest BCUT2D eigenvalue weighted by atomic mass is 9.89. The second-order valence-electron chi connectivity index (χ2n) is 11.3. The Balaban J connectivity index is 1.62. The lowest BCUT2D eigenvalue weighted by molar-refractivity contribution is -0.339. The van der Waals surface area contributed by atoms with Gasteiger partial charge in [0.1, 0.15) is 65.0 Å². The Bertz CT molecular complexity index is 1690. The minimum atomic E-state index is -1.91. The topological polar surface area (TPSA) is 252 Å². The van der Waals surface area contributed by atoms with Crippen molar-refractivity contribution in [3.05, 3.63) is 52.2 Å². The first-order valence-corrected chi connectivity index (χ1v) is 14.5. The van der Waals surface area contributed by atoms with Gasteiger partial charge in [-0.15, -0.1) is 0 Å². The van der Waals surface area contributed by atoms with Crippen molar-refractivity contribution in [2.24, 2.45) is 0 Å². The zero-order valence-corrected chi connectivity index (χ0v) is 25.2. The molecule has 2 aliphatic rings. The van der Waals surface area contributed by atoms with Crippen LogP contribution in [0.1, 0.15) is 32.4 Å². The van der Waals surface area contributed by atoms with E-state index in [0.29, 0.717) is 5.56 Å². The minimum absolute atomic E-state index is 0.0538. The van der Waals surface area contributed by atoms with Crippen molar-refractivity contribution < 1.29 is 73.4 Å². The largest absolute Gasteiger partial charge is 0.508 e. The van der Waals surface area contributed by atoms with Gasteiger partial charge in [-0.05, 0) is 31.2 Å². The van der Waals surface area contributed by atoms with Crippen molar-refractivity contribution >= 4 is 22.9 Å². The number of hydrogen-bond donors (Lipinski definition) is 7. The molecule has 10 atom stereocenters. The van der Waals surface area contributed by atoms with E-state index in [2.05, 4.69) is 0 Å². The van der Waals surface area contributed by atoms with Crippen molar-refractivity contribution in [1.82, 2.24) is 0 Å². The lowest BCUT2D eigenvalue weighted by Gasteiger charge is -2.47. The summed E-state index contributed by atoms with van der Waals surface area (Å²) in [6.07, 6.45) is -16.0. The molecule has 1 aromatic heterocycles. The van der Waals surface area contributed by atoms with Gasteiger partial charge in [0.2, 0.25) is 0 Å². The SMILES string of the molecule is CC(=O)O[C@@H]1[C@H](O)[C@H](O[C@H]2[C@@H](O)[C@H](O)[C@@H](CO)O[C@H]2c2c(O)cc(O)c3c(=O)cc(-c4ccc(O)cc4)oc23)O[C@@H](C)[C@@H]1OC(C)=O. The number of phenolic OH excluding ortho intramolecular Hbond substituents is 3. The van der Waals surface area contributed by atoms with Crippen molar-refractivity contribution in [2.45, 2.75) is 82.0 Å². The van der Waals surface area contributed by atoms with E-state index < -0.39 is 108 Å². The van der Waals surface area contributed by atoms with Crippen LogP contribution < -0.4 is 5.43 Å². The standard InChI is InChI=1S/C31H34O16/c1-11-26(43-12(2)33)30(44-13(3)34)25(41)31(42-11)47-29-24(40)23(39)20(10-32)46-28(29)22-17(37)8-16(36)21-18(38)9-19(45-27(21)22)14-4-6-15(35)7-5-14/h4-9,11,20,23-26,28-32,35-37,39-41H,10H2,1-3H3/t11-,20+,23+,24-,25-,26-,28-,29-,30+,31-/m0/s1. The molecule has 16 nitrogen and oxygen atoms in total. The van der Waals surface area contributed by atoms with Crippen LogP contribution in [0.25, 0.3) is 22.3 Å². The summed E-state index contributed by atoms with van der Waals surface area (Å²) in [7, 11) is 0. The molecule has 5 rings (SSSR count). The Morgan fingerprint density at radius 2 is 1.47 bits per heavy atom. The first kappa shape index (κ1) is 34.1. The summed E-state index contributed by atoms with van der Waals surface area (Å²) < 4.78 is 34.1. The number of esters is 2. The van der Waals surface area contributed by atoms with E-state index in [9.17, 15) is 50.1 Å². The fraction of sp³-hybridized carbons (Fsp3) is 0.452. The molecule has 0 radical (unpaired) electrons. The summed E-state index contributed by atoms with van der Waals surface area (Å²) in [4.78, 5) is 36.9. The van der Waals surface area contributed by atoms with Crippen molar-refractivity contribution in [3.8, 4) is 28.6 Å². The second-order valence-corrected chi connectivity index (χ2v) is 11.3. The van der Waals surface area contributed by atoms with Crippen molar-refractivity contribution in [1.29, 1.82) is 0 Å². The van der Waals surface area contributed by atoms with E-state index >= 15 is 0 Å². The van der Waals surface area contributed by atoms with E-state index in [1.54, 1.807) is 0 Å². The van der Waals surface area contributed by atoms with Gasteiger partial charge >= 0.3 is 11.9 Å². The number of benzene rings is 2. The number of aliphatic hydroxyl groups is 4. The third kappa shape index (κ3) is 6.62. The maximum absolute atomic E-state index is 13.3. The molecule has 16 heteroatoms. The van der Waals surface area contributed by atoms with Gasteiger partial charge in [0.25, 0.3) is 0 Å². The van der Waals surface area contributed by atoms with Gasteiger partial charge < -0.3 is 63.8 Å². The predicted octanol–water partition coefficient (Wildman–Crippen LogP) is 0.0851. The van der Waals surface area contributed by atoms with Crippen molar-refractivity contribution in [2.75, 3.05) is 6.61 Å². The molecule has 0 aliphatic carbocycles. The quantitative estimate of drug-likeness (QED) is 0.165. The molecule has 0 amide bonds. The van der Waals surface area contributed by atoms with E-state index in [4.69, 9.17) is 28.1 Å². The molecule has 0 unspecified atom stereocenters. The Kier molecular flexibility index (Phi) is 9.74. The van der Waals surface area contributed by atoms with E-state index in [0.717, 1.165) is 26.0 Å². The summed E-state index contributed by atoms with van der Waals surface area (Å²) in [6, 6.07) is 7.46. The summed E-state index contributed by atoms with van der Waals surface area (Å²) in [5, 5.41) is 74.3. The second kappa shape index (κ2) is 13.4. The van der Waals surface area contributed by atoms with Crippen LogP contribution in [0.3, 0.4) is 0 Å². The smallest absolute Gasteiger partial charge is 0.303 e. The number of carbonyl (C=O) groups excluding carboxylic acids is 2. The molecular formula is C31H34O16. The van der Waals surface area contributed by atoms with Crippen LogP contribution >= 0.6 is 0 Å². The van der Waals surface area contributed by atoms with E-state index in [1.807, 2.05) is 0 Å². The molecule has 7 N–H and O–H groups in total. The molecule has 3 heterocycles. The van der Waals surface area contributed by atoms with Gasteiger partial charge in [0, 0.05) is 31.5 Å². The lowest BCUT2D eigenvalue weighted by Crippen LogP contribution is -2.63. The molecule has 47 heavy (non-hydrogen) atoms. The molecule has 254 valence electrons. The number of ether oxygens (including phenoxy) is 5. The molecule has 2 fully saturated rings. The summed E-state index contributed by atoms with van der Waals surface area (Å²) in [6.45, 7) is 2.78. The normalized spacial score (nSPS) is 31.0. The van der Waals surface area contributed by atoms with Crippen LogP contribution in [-0.2, 0) is 33.3 Å². The zero-order valence-electron chi connectivity index (χ0n) is 25.2. The third-order valence-electron chi connectivity index (χ3n) is 7.95. The van der Waals surface area contributed by atoms with Gasteiger partial charge in [-0.2, -0.15) is 0 Å². The summed E-state index contributed by atoms with van der Waals surface area (Å²) in [5.41, 5.74) is -1.19. The van der Waals surface area contributed by atoms with Crippen LogP contribution in [-0.4, -0.2) is 109 Å². The number of aromatic hydroxyl groups is 3. The number of hydrogen-bond acceptors (Lipinski definition) is 16. The first-order valence-electron chi connectivity index (χ1n) is 14.5. The minimum Gasteiger partial charge on any atom is -0.508 e. The highest BCUT2D eigenvalue weighted by atomic mass is 16.7. The van der Waals surface area contributed by atoms with Gasteiger partial charge in [0.05, 0.1) is 18.3 Å². The Labute approximate surface area is 265 Å². The number of rotatable bonds is 7. The Morgan fingerprint density at radius 1 is 0.830 bits per heavy atom. The maximum Gasteiger partial charge on any atom is 0.303 e. The molecule has 3 aromatic rings. The molecule has 0 spiro atoms. The van der Waals surface area contributed by atoms with E-state index in [1.165, 1.54) is 31.2 Å². The highest BCUT2D eigenvalue weighted by Gasteiger charge is 2.53. The fourth-order valence-corrected chi connectivity index (χ4v) is 5.78. The van der Waals surface area contributed by atoms with Crippen LogP contribution in [0.15, 0.2) is 45.6 Å². The third-order valence-corrected chi connectivity index (χ3v) is 7.95. The number of phenols is 3. The summed E-state index contributed by atoms with van der Waals surface area (Å²) in [5.74, 6) is -3.08. The molecule has 0 bridgehead atoms. The molecule has 0 saturated carbocycles. The van der Waals surface area contributed by atoms with Gasteiger partial charge in [-0.25, -0.2) is 0 Å². The summed E-state index contributed by atoms with van der Waals surface area (Å²) >= 11 is 0. The van der Waals surface area contributed by atoms with Gasteiger partial charge in [0.15, 0.2) is 29.5 Å². The predicted molar refractivity (Wildman–Crippen MR) is 156 cm³/mol. The van der Waals surface area contributed by atoms with Crippen LogP contribution in [0.5, 0.6) is 17.2 Å². The fourth-order valence-electron chi connectivity index (χ4n) is 5.78. The molecule has 2 aliphatic heterocycles. The first-order chi connectivity index (χ1) is 22.2.